The molecule has 0 unspecified atom stereocenters. The molecular weight excluding hydrogens is 274 g/mol. The predicted octanol–water partition coefficient (Wildman–Crippen LogP) is 3.01. The third-order valence-electron chi connectivity index (χ3n) is 4.92. The number of hydrogen-bond acceptors (Lipinski definition) is 4. The highest BCUT2D eigenvalue weighted by atomic mass is 16.4. The quantitative estimate of drug-likeness (QED) is 0.868. The van der Waals surface area contributed by atoms with E-state index in [-0.39, 0.29) is 0 Å². The zero-order valence-electron chi connectivity index (χ0n) is 13.2. The maximum Gasteiger partial charge on any atom is 0.208 e. The first-order chi connectivity index (χ1) is 10.8. The van der Waals surface area contributed by atoms with Gasteiger partial charge >= 0.3 is 0 Å². The van der Waals surface area contributed by atoms with Crippen molar-refractivity contribution >= 4 is 5.69 Å². The van der Waals surface area contributed by atoms with Gasteiger partial charge in [-0.3, -0.25) is 4.90 Å². The Morgan fingerprint density at radius 2 is 2.18 bits per heavy atom. The first kappa shape index (κ1) is 13.8. The largest absolute Gasteiger partial charge is 0.445 e. The molecule has 2 aliphatic heterocycles. The molecule has 0 spiro atoms. The lowest BCUT2D eigenvalue weighted by molar-refractivity contribution is 0.222. The lowest BCUT2D eigenvalue weighted by atomic mass is 10.1. The molecule has 1 aromatic heterocycles. The minimum Gasteiger partial charge on any atom is -0.445 e. The van der Waals surface area contributed by atoms with Crippen LogP contribution in [0.4, 0.5) is 5.69 Å². The molecular formula is C18H23N3O. The summed E-state index contributed by atoms with van der Waals surface area (Å²) in [5.41, 5.74) is 2.93. The monoisotopic (exact) mass is 297 g/mol. The van der Waals surface area contributed by atoms with E-state index in [0.717, 1.165) is 37.8 Å². The lowest BCUT2D eigenvalue weighted by Crippen LogP contribution is -2.39. The van der Waals surface area contributed by atoms with E-state index < -0.39 is 0 Å². The summed E-state index contributed by atoms with van der Waals surface area (Å²) in [7, 11) is 0. The fourth-order valence-electron chi connectivity index (χ4n) is 3.81. The van der Waals surface area contributed by atoms with E-state index in [1.807, 2.05) is 13.1 Å². The first-order valence-corrected chi connectivity index (χ1v) is 8.28. The fourth-order valence-corrected chi connectivity index (χ4v) is 3.81. The Bertz CT molecular complexity index is 651. The summed E-state index contributed by atoms with van der Waals surface area (Å²) in [6.45, 7) is 6.23. The highest BCUT2D eigenvalue weighted by Gasteiger charge is 2.29. The maximum atomic E-state index is 5.65. The van der Waals surface area contributed by atoms with Gasteiger partial charge in [-0.2, -0.15) is 0 Å². The topological polar surface area (TPSA) is 32.5 Å². The Labute approximate surface area is 131 Å². The van der Waals surface area contributed by atoms with Crippen LogP contribution < -0.4 is 4.90 Å². The number of aromatic nitrogens is 1. The molecule has 0 N–H and O–H groups in total. The molecule has 1 fully saturated rings. The molecule has 4 nitrogen and oxygen atoms in total. The summed E-state index contributed by atoms with van der Waals surface area (Å²) in [6.07, 6.45) is 5.55. The van der Waals surface area contributed by atoms with Crippen molar-refractivity contribution in [3.8, 4) is 0 Å². The van der Waals surface area contributed by atoms with Crippen molar-refractivity contribution in [1.82, 2.24) is 9.88 Å². The average Bonchev–Trinajstić information content (AvgIpc) is 3.23. The zero-order valence-corrected chi connectivity index (χ0v) is 13.2. The third-order valence-corrected chi connectivity index (χ3v) is 4.92. The summed E-state index contributed by atoms with van der Waals surface area (Å²) in [5.74, 6) is 1.76. The SMILES string of the molecule is Cc1cnc(CN2CCC[C@@H]2CN2CCc3ccccc32)o1. The molecule has 1 atom stereocenters. The van der Waals surface area contributed by atoms with Gasteiger partial charge in [0.2, 0.25) is 5.89 Å². The fraction of sp³-hybridized carbons (Fsp3) is 0.500. The molecule has 0 radical (unpaired) electrons. The van der Waals surface area contributed by atoms with E-state index in [1.165, 1.54) is 30.5 Å². The van der Waals surface area contributed by atoms with Gasteiger partial charge in [-0.25, -0.2) is 4.98 Å². The Balaban J connectivity index is 1.44. The van der Waals surface area contributed by atoms with Crippen molar-refractivity contribution in [2.24, 2.45) is 0 Å². The molecule has 0 bridgehead atoms. The van der Waals surface area contributed by atoms with E-state index in [0.29, 0.717) is 6.04 Å². The van der Waals surface area contributed by atoms with Gasteiger partial charge in [0.15, 0.2) is 0 Å². The second kappa shape index (κ2) is 5.76. The second-order valence-electron chi connectivity index (χ2n) is 6.46. The minimum atomic E-state index is 0.610. The molecule has 0 aliphatic carbocycles. The van der Waals surface area contributed by atoms with Crippen molar-refractivity contribution in [2.75, 3.05) is 24.5 Å². The van der Waals surface area contributed by atoms with Crippen LogP contribution in [-0.2, 0) is 13.0 Å². The first-order valence-electron chi connectivity index (χ1n) is 8.28. The van der Waals surface area contributed by atoms with Gasteiger partial charge in [-0.15, -0.1) is 0 Å². The molecule has 3 heterocycles. The van der Waals surface area contributed by atoms with Crippen LogP contribution in [-0.4, -0.2) is 35.6 Å². The Morgan fingerprint density at radius 3 is 3.05 bits per heavy atom. The van der Waals surface area contributed by atoms with Gasteiger partial charge in [0.05, 0.1) is 12.7 Å². The number of rotatable bonds is 4. The van der Waals surface area contributed by atoms with Gasteiger partial charge in [0.1, 0.15) is 5.76 Å². The van der Waals surface area contributed by atoms with Gasteiger partial charge in [-0.05, 0) is 44.4 Å². The number of anilines is 1. The predicted molar refractivity (Wildman–Crippen MR) is 87.0 cm³/mol. The van der Waals surface area contributed by atoms with Crippen LogP contribution in [0.2, 0.25) is 0 Å². The highest BCUT2D eigenvalue weighted by Crippen LogP contribution is 2.30. The molecule has 4 rings (SSSR count). The molecule has 22 heavy (non-hydrogen) atoms. The number of hydrogen-bond donors (Lipinski definition) is 0. The molecule has 0 saturated carbocycles. The van der Waals surface area contributed by atoms with Crippen molar-refractivity contribution in [1.29, 1.82) is 0 Å². The van der Waals surface area contributed by atoms with E-state index in [4.69, 9.17) is 4.42 Å². The Morgan fingerprint density at radius 1 is 1.27 bits per heavy atom. The molecule has 1 saturated heterocycles. The number of nitrogens with zero attached hydrogens (tertiary/aromatic N) is 3. The summed E-state index contributed by atoms with van der Waals surface area (Å²) in [4.78, 5) is 9.45. The van der Waals surface area contributed by atoms with Crippen LogP contribution in [0.25, 0.3) is 0 Å². The van der Waals surface area contributed by atoms with Gasteiger partial charge in [0, 0.05) is 24.8 Å². The second-order valence-corrected chi connectivity index (χ2v) is 6.46. The zero-order chi connectivity index (χ0) is 14.9. The van der Waals surface area contributed by atoms with E-state index in [2.05, 4.69) is 39.0 Å². The molecule has 2 aliphatic rings. The van der Waals surface area contributed by atoms with Crippen molar-refractivity contribution in [2.45, 2.75) is 38.8 Å². The van der Waals surface area contributed by atoms with E-state index in [1.54, 1.807) is 0 Å². The van der Waals surface area contributed by atoms with Crippen molar-refractivity contribution in [3.63, 3.8) is 0 Å². The summed E-state index contributed by atoms with van der Waals surface area (Å²) < 4.78 is 5.65. The molecule has 1 aromatic carbocycles. The number of oxazole rings is 1. The van der Waals surface area contributed by atoms with E-state index >= 15 is 0 Å². The summed E-state index contributed by atoms with van der Waals surface area (Å²) in [6, 6.07) is 9.43. The minimum absolute atomic E-state index is 0.610. The van der Waals surface area contributed by atoms with Crippen LogP contribution in [0.3, 0.4) is 0 Å². The molecule has 0 amide bonds. The standard InChI is InChI=1S/C18H23N3O/c1-14-11-19-18(22-14)13-20-9-4-6-16(20)12-21-10-8-15-5-2-3-7-17(15)21/h2-3,5,7,11,16H,4,6,8-10,12-13H2,1H3/t16-/m1/s1. The van der Waals surface area contributed by atoms with Crippen LogP contribution in [0.5, 0.6) is 0 Å². The van der Waals surface area contributed by atoms with Crippen molar-refractivity contribution in [3.05, 3.63) is 47.7 Å². The molecule has 2 aromatic rings. The normalized spacial score (nSPS) is 21.5. The van der Waals surface area contributed by atoms with Crippen LogP contribution in [0.15, 0.2) is 34.9 Å². The van der Waals surface area contributed by atoms with Gasteiger partial charge in [0.25, 0.3) is 0 Å². The molecule has 4 heteroatoms. The highest BCUT2D eigenvalue weighted by molar-refractivity contribution is 5.57. The smallest absolute Gasteiger partial charge is 0.208 e. The summed E-state index contributed by atoms with van der Waals surface area (Å²) in [5, 5.41) is 0. The number of likely N-dealkylation sites (tertiary alicyclic amines) is 1. The third kappa shape index (κ3) is 2.63. The Hall–Kier alpha value is -1.81. The van der Waals surface area contributed by atoms with Gasteiger partial charge in [-0.1, -0.05) is 18.2 Å². The number of para-hydroxylation sites is 1. The van der Waals surface area contributed by atoms with Crippen molar-refractivity contribution < 1.29 is 4.42 Å². The maximum absolute atomic E-state index is 5.65. The van der Waals surface area contributed by atoms with Crippen LogP contribution >= 0.6 is 0 Å². The number of aryl methyl sites for hydroxylation is 1. The summed E-state index contributed by atoms with van der Waals surface area (Å²) >= 11 is 0. The average molecular weight is 297 g/mol. The van der Waals surface area contributed by atoms with Crippen LogP contribution in [0.1, 0.15) is 30.1 Å². The van der Waals surface area contributed by atoms with E-state index in [9.17, 15) is 0 Å². The Kier molecular flexibility index (Phi) is 3.62. The molecule has 116 valence electrons. The van der Waals surface area contributed by atoms with Gasteiger partial charge < -0.3 is 9.32 Å². The van der Waals surface area contributed by atoms with Crippen LogP contribution in [0, 0.1) is 6.92 Å². The number of fused-ring (bicyclic) bond motifs is 1. The lowest BCUT2D eigenvalue weighted by Gasteiger charge is -2.29. The number of benzene rings is 1.